The molecule has 206 valence electrons. The average Bonchev–Trinajstić information content (AvgIpc) is 3.45. The summed E-state index contributed by atoms with van der Waals surface area (Å²) >= 11 is 0. The number of rotatable bonds is 6. The zero-order valence-electron chi connectivity index (χ0n) is 22.2. The fourth-order valence-corrected chi connectivity index (χ4v) is 6.99. The number of aromatic nitrogens is 5. The van der Waals surface area contributed by atoms with Crippen molar-refractivity contribution in [2.45, 2.75) is 44.7 Å². The van der Waals surface area contributed by atoms with Crippen LogP contribution in [0.4, 0.5) is 8.78 Å². The Balaban J connectivity index is 1.42. The van der Waals surface area contributed by atoms with Crippen LogP contribution in [0.1, 0.15) is 37.9 Å². The molecule has 2 unspecified atom stereocenters. The van der Waals surface area contributed by atoms with Crippen LogP contribution in [0.3, 0.4) is 0 Å². The van der Waals surface area contributed by atoms with Gasteiger partial charge < -0.3 is 0 Å². The van der Waals surface area contributed by atoms with Crippen molar-refractivity contribution in [3.63, 3.8) is 0 Å². The summed E-state index contributed by atoms with van der Waals surface area (Å²) in [6.45, 7) is 4.50. The second-order valence-corrected chi connectivity index (χ2v) is 13.4. The molecule has 9 nitrogen and oxygen atoms in total. The van der Waals surface area contributed by atoms with E-state index < -0.39 is 32.9 Å². The van der Waals surface area contributed by atoms with E-state index in [9.17, 15) is 17.2 Å². The minimum atomic E-state index is -3.16. The molecule has 4 bridgehead atoms. The smallest absolute Gasteiger partial charge is 0.218 e. The average molecular weight is 564 g/mol. The van der Waals surface area contributed by atoms with Crippen molar-refractivity contribution in [2.24, 2.45) is 27.5 Å². The maximum Gasteiger partial charge on any atom is 0.218 e. The van der Waals surface area contributed by atoms with Crippen molar-refractivity contribution in [1.29, 1.82) is 0 Å². The van der Waals surface area contributed by atoms with Crippen LogP contribution in [0.5, 0.6) is 0 Å². The van der Waals surface area contributed by atoms with Crippen LogP contribution >= 0.6 is 0 Å². The predicted octanol–water partition coefficient (Wildman–Crippen LogP) is 4.24. The molecule has 4 atom stereocenters. The first kappa shape index (κ1) is 26.4. The van der Waals surface area contributed by atoms with E-state index in [-0.39, 0.29) is 46.6 Å². The monoisotopic (exact) mass is 563 g/mol. The second-order valence-electron chi connectivity index (χ2n) is 11.1. The third-order valence-electron chi connectivity index (χ3n) is 8.59. The van der Waals surface area contributed by atoms with E-state index in [1.165, 1.54) is 35.5 Å². The molecule has 12 heteroatoms. The van der Waals surface area contributed by atoms with Crippen molar-refractivity contribution in [1.82, 2.24) is 24.7 Å². The van der Waals surface area contributed by atoms with Gasteiger partial charge in [-0.3, -0.25) is 4.68 Å². The van der Waals surface area contributed by atoms with Gasteiger partial charge in [0.1, 0.15) is 33.8 Å². The van der Waals surface area contributed by atoms with Crippen molar-refractivity contribution < 1.29 is 17.2 Å². The first-order chi connectivity index (χ1) is 19.0. The van der Waals surface area contributed by atoms with Crippen molar-refractivity contribution >= 4 is 15.5 Å². The van der Waals surface area contributed by atoms with E-state index in [1.807, 2.05) is 6.07 Å². The summed E-state index contributed by atoms with van der Waals surface area (Å²) in [7, 11) is -3.16. The third kappa shape index (κ3) is 4.23. The molecular formula is C28H27F2N7O2S. The van der Waals surface area contributed by atoms with Crippen molar-refractivity contribution in [2.75, 3.05) is 12.0 Å². The van der Waals surface area contributed by atoms with Gasteiger partial charge in [-0.25, -0.2) is 32.2 Å². The van der Waals surface area contributed by atoms with Gasteiger partial charge in [-0.1, -0.05) is 31.8 Å². The summed E-state index contributed by atoms with van der Waals surface area (Å²) in [5.74, 6) is 5.55. The lowest BCUT2D eigenvalue weighted by Crippen LogP contribution is -2.48. The molecule has 0 radical (unpaired) electrons. The SMILES string of the molecule is CC1(C)[C@H]2CC[C@]1(c1ccnc(-c3ncn(CCS(C)(=O)=O)n3)n1)C1C#CC2/C=C(c2c(F)cccc2F)\N=N/1. The zero-order chi connectivity index (χ0) is 28.3. The molecule has 3 aromatic rings. The van der Waals surface area contributed by atoms with Gasteiger partial charge >= 0.3 is 0 Å². The zero-order valence-corrected chi connectivity index (χ0v) is 23.0. The molecule has 0 saturated heterocycles. The molecule has 0 N–H and O–H groups in total. The summed E-state index contributed by atoms with van der Waals surface area (Å²) in [6.07, 6.45) is 7.59. The first-order valence-corrected chi connectivity index (χ1v) is 15.0. The quantitative estimate of drug-likeness (QED) is 0.415. The van der Waals surface area contributed by atoms with E-state index in [2.05, 4.69) is 51.0 Å². The van der Waals surface area contributed by atoms with Crippen LogP contribution in [-0.2, 0) is 21.8 Å². The standard InChI is InChI=1S/C28H27F2N7O2S/c1-27(2)18-9-11-28(27,22-10-12-31-25(33-22)26-32-16-37(36-26)13-14-40(3,38)39)23-8-7-17(18)15-21(34-35-23)24-19(29)5-4-6-20(24)30/h4-6,10,12,15-18,23H,9,11,13-14H2,1-3H3/b21-15-,35-34-/t17?,18-,23?,28-/m0/s1. The summed E-state index contributed by atoms with van der Waals surface area (Å²) < 4.78 is 54.0. The minimum Gasteiger partial charge on any atom is -0.251 e. The van der Waals surface area contributed by atoms with E-state index in [0.717, 1.165) is 18.5 Å². The molecule has 0 spiro atoms. The number of azo groups is 1. The fraction of sp³-hybridized carbons (Fsp3) is 0.429. The Morgan fingerprint density at radius 1 is 1.10 bits per heavy atom. The molecule has 2 aliphatic carbocycles. The lowest BCUT2D eigenvalue weighted by Gasteiger charge is -2.45. The molecule has 1 aromatic carbocycles. The highest BCUT2D eigenvalue weighted by atomic mass is 32.2. The Labute approximate surface area is 230 Å². The van der Waals surface area contributed by atoms with Gasteiger partial charge in [0.2, 0.25) is 5.82 Å². The summed E-state index contributed by atoms with van der Waals surface area (Å²) in [4.78, 5) is 13.6. The van der Waals surface area contributed by atoms with Gasteiger partial charge in [0.05, 0.1) is 34.7 Å². The minimum absolute atomic E-state index is 0.0603. The molecule has 3 heterocycles. The molecule has 1 saturated carbocycles. The van der Waals surface area contributed by atoms with E-state index in [4.69, 9.17) is 4.98 Å². The fourth-order valence-electron chi connectivity index (χ4n) is 6.48. The Kier molecular flexibility index (Phi) is 6.18. The molecule has 6 rings (SSSR count). The Morgan fingerprint density at radius 2 is 1.88 bits per heavy atom. The van der Waals surface area contributed by atoms with Gasteiger partial charge in [0.25, 0.3) is 0 Å². The van der Waals surface area contributed by atoms with Crippen molar-refractivity contribution in [3.8, 4) is 23.5 Å². The van der Waals surface area contributed by atoms with Gasteiger partial charge in [-0.05, 0) is 48.4 Å². The maximum absolute atomic E-state index is 14.7. The highest BCUT2D eigenvalue weighted by Crippen LogP contribution is 2.63. The lowest BCUT2D eigenvalue weighted by atomic mass is 9.59. The maximum atomic E-state index is 14.7. The Morgan fingerprint density at radius 3 is 2.62 bits per heavy atom. The van der Waals surface area contributed by atoms with Gasteiger partial charge in [0, 0.05) is 18.4 Å². The highest BCUT2D eigenvalue weighted by Gasteiger charge is 2.62. The molecule has 1 fully saturated rings. The summed E-state index contributed by atoms with van der Waals surface area (Å²) in [5.41, 5.74) is -0.380. The van der Waals surface area contributed by atoms with Gasteiger partial charge in [0.15, 0.2) is 5.82 Å². The highest BCUT2D eigenvalue weighted by molar-refractivity contribution is 7.90. The number of allylic oxidation sites excluding steroid dienone is 1. The third-order valence-corrected chi connectivity index (χ3v) is 9.52. The molecule has 3 aliphatic rings. The number of nitrogens with zero attached hydrogens (tertiary/aromatic N) is 7. The number of aryl methyl sites for hydroxylation is 1. The van der Waals surface area contributed by atoms with Crippen LogP contribution in [0.25, 0.3) is 17.3 Å². The molecule has 1 aliphatic heterocycles. The van der Waals surface area contributed by atoms with Crippen LogP contribution in [0.15, 0.2) is 53.1 Å². The van der Waals surface area contributed by atoms with Gasteiger partial charge in [-0.15, -0.1) is 5.10 Å². The number of hydrogen-bond donors (Lipinski definition) is 0. The Bertz CT molecular complexity index is 1720. The molecule has 0 amide bonds. The number of sulfone groups is 1. The molecular weight excluding hydrogens is 536 g/mol. The largest absolute Gasteiger partial charge is 0.251 e. The van der Waals surface area contributed by atoms with E-state index in [1.54, 1.807) is 12.3 Å². The molecule has 2 aromatic heterocycles. The predicted molar refractivity (Wildman–Crippen MR) is 143 cm³/mol. The molecule has 40 heavy (non-hydrogen) atoms. The van der Waals surface area contributed by atoms with E-state index >= 15 is 0 Å². The normalized spacial score (nSPS) is 28.5. The number of hydrogen-bond acceptors (Lipinski definition) is 8. The van der Waals surface area contributed by atoms with Crippen LogP contribution in [-0.4, -0.2) is 51.2 Å². The second kappa shape index (κ2) is 9.37. The van der Waals surface area contributed by atoms with Crippen LogP contribution in [0.2, 0.25) is 0 Å². The summed E-state index contributed by atoms with van der Waals surface area (Å²) in [6, 6.07) is 4.98. The van der Waals surface area contributed by atoms with E-state index in [0.29, 0.717) is 5.82 Å². The number of benzene rings is 1. The lowest BCUT2D eigenvalue weighted by molar-refractivity contribution is 0.122. The Hall–Kier alpha value is -3.85. The summed E-state index contributed by atoms with van der Waals surface area (Å²) in [5, 5.41) is 13.4. The van der Waals surface area contributed by atoms with Crippen LogP contribution in [0, 0.1) is 40.7 Å². The number of halogens is 2. The first-order valence-electron chi connectivity index (χ1n) is 13.0. The van der Waals surface area contributed by atoms with Crippen LogP contribution < -0.4 is 0 Å². The number of fused-ring (bicyclic) bond motifs is 6. The van der Waals surface area contributed by atoms with Crippen molar-refractivity contribution in [3.05, 3.63) is 65.8 Å². The van der Waals surface area contributed by atoms with Gasteiger partial charge in [-0.2, -0.15) is 10.2 Å². The topological polar surface area (TPSA) is 115 Å².